The number of benzene rings is 1. The summed E-state index contributed by atoms with van der Waals surface area (Å²) in [6.07, 6.45) is 3.86. The molecule has 33 heavy (non-hydrogen) atoms. The van der Waals surface area contributed by atoms with Crippen molar-refractivity contribution in [1.29, 1.82) is 0 Å². The number of rotatable bonds is 9. The summed E-state index contributed by atoms with van der Waals surface area (Å²) in [6, 6.07) is 11.1. The van der Waals surface area contributed by atoms with Crippen LogP contribution in [0.15, 0.2) is 46.2 Å². The Morgan fingerprint density at radius 2 is 2.03 bits per heavy atom. The number of anilines is 2. The minimum absolute atomic E-state index is 0.119. The second-order valence-electron chi connectivity index (χ2n) is 8.37. The second kappa shape index (κ2) is 10.7. The third-order valence-electron chi connectivity index (χ3n) is 5.66. The number of carbonyl (C=O) groups is 2. The van der Waals surface area contributed by atoms with Crippen molar-refractivity contribution in [2.75, 3.05) is 23.3 Å². The Hall–Kier alpha value is -3.13. The molecule has 7 nitrogen and oxygen atoms in total. The van der Waals surface area contributed by atoms with E-state index < -0.39 is 6.04 Å². The van der Waals surface area contributed by atoms with E-state index in [4.69, 9.17) is 4.42 Å². The maximum atomic E-state index is 12.9. The molecular formula is C25H30N4O3S. The molecule has 1 aromatic carbocycles. The highest BCUT2D eigenvalue weighted by molar-refractivity contribution is 7.13. The molecule has 3 aromatic rings. The first kappa shape index (κ1) is 23.0. The molecule has 1 aliphatic heterocycles. The fourth-order valence-corrected chi connectivity index (χ4v) is 4.78. The zero-order valence-electron chi connectivity index (χ0n) is 19.1. The third kappa shape index (κ3) is 6.01. The van der Waals surface area contributed by atoms with Crippen molar-refractivity contribution in [3.63, 3.8) is 0 Å². The van der Waals surface area contributed by atoms with Crippen molar-refractivity contribution in [3.8, 4) is 10.8 Å². The minimum atomic E-state index is -0.594. The van der Waals surface area contributed by atoms with Gasteiger partial charge in [-0.05, 0) is 56.5 Å². The van der Waals surface area contributed by atoms with E-state index in [0.717, 1.165) is 41.7 Å². The van der Waals surface area contributed by atoms with Gasteiger partial charge in [0.1, 0.15) is 11.8 Å². The Morgan fingerprint density at radius 1 is 1.21 bits per heavy atom. The zero-order chi connectivity index (χ0) is 23.2. The molecule has 0 aliphatic carbocycles. The summed E-state index contributed by atoms with van der Waals surface area (Å²) in [6.45, 7) is 5.97. The van der Waals surface area contributed by atoms with Crippen LogP contribution in [0.2, 0.25) is 0 Å². The molecule has 4 rings (SSSR count). The summed E-state index contributed by atoms with van der Waals surface area (Å²) < 4.78 is 5.60. The van der Waals surface area contributed by atoms with Gasteiger partial charge in [-0.3, -0.25) is 9.59 Å². The summed E-state index contributed by atoms with van der Waals surface area (Å²) in [5, 5.41) is 8.47. The van der Waals surface area contributed by atoms with E-state index >= 15 is 0 Å². The van der Waals surface area contributed by atoms with Gasteiger partial charge >= 0.3 is 0 Å². The number of hydrogen-bond donors (Lipinski definition) is 2. The van der Waals surface area contributed by atoms with Gasteiger partial charge in [0.25, 0.3) is 0 Å². The van der Waals surface area contributed by atoms with Crippen LogP contribution in [0.3, 0.4) is 0 Å². The molecule has 2 N–H and O–H groups in total. The maximum Gasteiger partial charge on any atom is 0.246 e. The molecule has 1 saturated heterocycles. The predicted octanol–water partition coefficient (Wildman–Crippen LogP) is 4.78. The van der Waals surface area contributed by atoms with E-state index in [2.05, 4.69) is 26.6 Å². The molecular weight excluding hydrogens is 436 g/mol. The van der Waals surface area contributed by atoms with Gasteiger partial charge in [-0.25, -0.2) is 4.98 Å². The fourth-order valence-electron chi connectivity index (χ4n) is 4.00. The first-order valence-electron chi connectivity index (χ1n) is 11.5. The topological polar surface area (TPSA) is 87.5 Å². The van der Waals surface area contributed by atoms with Gasteiger partial charge in [0, 0.05) is 29.8 Å². The molecule has 3 heterocycles. The molecule has 8 heteroatoms. The van der Waals surface area contributed by atoms with Crippen molar-refractivity contribution in [2.45, 2.75) is 52.0 Å². The van der Waals surface area contributed by atoms with Crippen LogP contribution in [-0.2, 0) is 16.0 Å². The Morgan fingerprint density at radius 3 is 2.76 bits per heavy atom. The van der Waals surface area contributed by atoms with E-state index in [-0.39, 0.29) is 18.2 Å². The van der Waals surface area contributed by atoms with Crippen LogP contribution < -0.4 is 15.5 Å². The van der Waals surface area contributed by atoms with E-state index in [1.54, 1.807) is 0 Å². The molecule has 0 radical (unpaired) electrons. The fraction of sp³-hybridized carbons (Fsp3) is 0.400. The molecule has 2 amide bonds. The van der Waals surface area contributed by atoms with Crippen molar-refractivity contribution >= 4 is 34.5 Å². The van der Waals surface area contributed by atoms with Gasteiger partial charge in [-0.1, -0.05) is 19.4 Å². The standard InChI is InChI=1S/C25H30N4O3S/c1-3-7-21(24(31)26-18-8-6-9-20(14-18)29-12-4-5-13-29)28-23(30)15-19-16-33-25(27-19)22-11-10-17(2)32-22/h6,8-11,14,16,21H,3-5,7,12-13,15H2,1-2H3,(H,26,31)(H,28,30). The molecule has 0 spiro atoms. The molecule has 1 fully saturated rings. The van der Waals surface area contributed by atoms with E-state index in [0.29, 0.717) is 17.9 Å². The summed E-state index contributed by atoms with van der Waals surface area (Å²) >= 11 is 1.44. The van der Waals surface area contributed by atoms with Crippen LogP contribution in [-0.4, -0.2) is 35.9 Å². The summed E-state index contributed by atoms with van der Waals surface area (Å²) in [5.74, 6) is 1.10. The SMILES string of the molecule is CCCC(NC(=O)Cc1csc(-c2ccc(C)o2)n1)C(=O)Nc1cccc(N2CCCC2)c1. The average molecular weight is 467 g/mol. The lowest BCUT2D eigenvalue weighted by Crippen LogP contribution is -2.44. The van der Waals surface area contributed by atoms with Gasteiger partial charge < -0.3 is 20.0 Å². The Kier molecular flexibility index (Phi) is 7.44. The Balaban J connectivity index is 1.36. The number of aromatic nitrogens is 1. The smallest absolute Gasteiger partial charge is 0.246 e. The highest BCUT2D eigenvalue weighted by atomic mass is 32.1. The number of nitrogens with zero attached hydrogens (tertiary/aromatic N) is 2. The van der Waals surface area contributed by atoms with Gasteiger partial charge in [-0.15, -0.1) is 11.3 Å². The number of aryl methyl sites for hydroxylation is 1. The van der Waals surface area contributed by atoms with Crippen LogP contribution >= 0.6 is 11.3 Å². The summed E-state index contributed by atoms with van der Waals surface area (Å²) in [7, 11) is 0. The van der Waals surface area contributed by atoms with Gasteiger partial charge in [0.05, 0.1) is 12.1 Å². The van der Waals surface area contributed by atoms with Crippen LogP contribution in [0.5, 0.6) is 0 Å². The van der Waals surface area contributed by atoms with Crippen LogP contribution in [0.25, 0.3) is 10.8 Å². The number of hydrogen-bond acceptors (Lipinski definition) is 6. The van der Waals surface area contributed by atoms with Gasteiger partial charge in [0.15, 0.2) is 10.8 Å². The largest absolute Gasteiger partial charge is 0.459 e. The lowest BCUT2D eigenvalue weighted by Gasteiger charge is -2.20. The van der Waals surface area contributed by atoms with Crippen molar-refractivity contribution < 1.29 is 14.0 Å². The van der Waals surface area contributed by atoms with Crippen LogP contribution in [0.1, 0.15) is 44.1 Å². The Labute approximate surface area is 198 Å². The highest BCUT2D eigenvalue weighted by Gasteiger charge is 2.21. The lowest BCUT2D eigenvalue weighted by molar-refractivity contribution is -0.126. The molecule has 0 bridgehead atoms. The maximum absolute atomic E-state index is 12.9. The Bertz CT molecular complexity index is 1100. The van der Waals surface area contributed by atoms with Gasteiger partial charge in [0.2, 0.25) is 11.8 Å². The second-order valence-corrected chi connectivity index (χ2v) is 9.23. The first-order chi connectivity index (χ1) is 16.0. The van der Waals surface area contributed by atoms with Gasteiger partial charge in [-0.2, -0.15) is 0 Å². The van der Waals surface area contributed by atoms with Crippen molar-refractivity contribution in [1.82, 2.24) is 10.3 Å². The van der Waals surface area contributed by atoms with Crippen molar-refractivity contribution in [3.05, 3.63) is 53.2 Å². The number of carbonyl (C=O) groups excluding carboxylic acids is 2. The molecule has 1 atom stereocenters. The molecule has 1 unspecified atom stereocenters. The number of nitrogens with one attached hydrogen (secondary N) is 2. The molecule has 2 aromatic heterocycles. The third-order valence-corrected chi connectivity index (χ3v) is 6.56. The number of thiazole rings is 1. The quantitative estimate of drug-likeness (QED) is 0.474. The normalized spacial score (nSPS) is 14.3. The summed E-state index contributed by atoms with van der Waals surface area (Å²) in [5.41, 5.74) is 2.53. The average Bonchev–Trinajstić information content (AvgIpc) is 3.56. The first-order valence-corrected chi connectivity index (χ1v) is 12.4. The summed E-state index contributed by atoms with van der Waals surface area (Å²) in [4.78, 5) is 32.5. The highest BCUT2D eigenvalue weighted by Crippen LogP contribution is 2.26. The predicted molar refractivity (Wildman–Crippen MR) is 132 cm³/mol. The molecule has 174 valence electrons. The number of furan rings is 1. The zero-order valence-corrected chi connectivity index (χ0v) is 19.9. The van der Waals surface area contributed by atoms with E-state index in [1.807, 2.05) is 49.6 Å². The number of amides is 2. The monoisotopic (exact) mass is 466 g/mol. The minimum Gasteiger partial charge on any atom is -0.459 e. The van der Waals surface area contributed by atoms with Crippen molar-refractivity contribution in [2.24, 2.45) is 0 Å². The van der Waals surface area contributed by atoms with Crippen LogP contribution in [0.4, 0.5) is 11.4 Å². The van der Waals surface area contributed by atoms with E-state index in [9.17, 15) is 9.59 Å². The lowest BCUT2D eigenvalue weighted by atomic mass is 10.1. The molecule has 0 saturated carbocycles. The van der Waals surface area contributed by atoms with Crippen LogP contribution in [0, 0.1) is 6.92 Å². The van der Waals surface area contributed by atoms with E-state index in [1.165, 1.54) is 24.2 Å². The molecule has 1 aliphatic rings.